The van der Waals surface area contributed by atoms with Crippen molar-refractivity contribution in [3.8, 4) is 0 Å². The summed E-state index contributed by atoms with van der Waals surface area (Å²) in [4.78, 5) is 23.8. The Morgan fingerprint density at radius 2 is 1.95 bits per heavy atom. The Bertz CT molecular complexity index is 470. The van der Waals surface area contributed by atoms with Crippen LogP contribution >= 0.6 is 23.2 Å². The van der Waals surface area contributed by atoms with E-state index in [9.17, 15) is 9.59 Å². The van der Waals surface area contributed by atoms with Gasteiger partial charge in [0.25, 0.3) is 0 Å². The maximum Gasteiger partial charge on any atom is 0.311 e. The number of Topliss-reactive ketones (excluding diaryl/α,β-unsaturated/α-hetero) is 1. The minimum atomic E-state index is -1.63. The maximum atomic E-state index is 12.1. The van der Waals surface area contributed by atoms with Gasteiger partial charge in [0.05, 0.1) is 5.41 Å². The van der Waals surface area contributed by atoms with Gasteiger partial charge in [-0.05, 0) is 20.8 Å². The molecule has 1 spiro atoms. The zero-order valence-electron chi connectivity index (χ0n) is 12.7. The molecule has 0 aromatic heterocycles. The van der Waals surface area contributed by atoms with Crippen molar-refractivity contribution in [3.05, 3.63) is 0 Å². The van der Waals surface area contributed by atoms with E-state index in [0.717, 1.165) is 0 Å². The van der Waals surface area contributed by atoms with Crippen molar-refractivity contribution in [1.82, 2.24) is 0 Å². The van der Waals surface area contributed by atoms with Gasteiger partial charge in [-0.2, -0.15) is 0 Å². The molecule has 0 aromatic carbocycles. The summed E-state index contributed by atoms with van der Waals surface area (Å²) in [5.74, 6) is -1.03. The molecule has 2 fully saturated rings. The second-order valence-corrected chi connectivity index (χ2v) is 8.02. The number of rotatable bonds is 2. The summed E-state index contributed by atoms with van der Waals surface area (Å²) in [6.07, 6.45) is -1.37. The van der Waals surface area contributed by atoms with E-state index in [0.29, 0.717) is 0 Å². The van der Waals surface area contributed by atoms with Crippen LogP contribution in [0, 0.1) is 11.3 Å². The van der Waals surface area contributed by atoms with Crippen LogP contribution < -0.4 is 0 Å². The van der Waals surface area contributed by atoms with Gasteiger partial charge >= 0.3 is 5.97 Å². The van der Waals surface area contributed by atoms with E-state index < -0.39 is 27.7 Å². The molecule has 1 saturated carbocycles. The van der Waals surface area contributed by atoms with Crippen molar-refractivity contribution < 1.29 is 23.8 Å². The summed E-state index contributed by atoms with van der Waals surface area (Å²) < 4.78 is 14.9. The first-order chi connectivity index (χ1) is 9.47. The first-order valence-corrected chi connectivity index (χ1v) is 7.56. The lowest BCUT2D eigenvalue weighted by Gasteiger charge is -2.49. The van der Waals surface area contributed by atoms with Gasteiger partial charge in [0.15, 0.2) is 18.2 Å². The van der Waals surface area contributed by atoms with Gasteiger partial charge in [0.1, 0.15) is 5.60 Å². The van der Waals surface area contributed by atoms with E-state index in [2.05, 4.69) is 0 Å². The molecule has 2 rings (SSSR count). The highest BCUT2D eigenvalue weighted by Gasteiger charge is 2.74. The third-order valence-corrected chi connectivity index (χ3v) is 5.28. The molecule has 4 atom stereocenters. The van der Waals surface area contributed by atoms with Gasteiger partial charge in [-0.3, -0.25) is 9.59 Å². The highest BCUT2D eigenvalue weighted by Crippen LogP contribution is 2.59. The lowest BCUT2D eigenvalue weighted by atomic mass is 9.69. The largest absolute Gasteiger partial charge is 0.456 e. The highest BCUT2D eigenvalue weighted by molar-refractivity contribution is 6.61. The third-order valence-electron chi connectivity index (χ3n) is 4.22. The van der Waals surface area contributed by atoms with E-state index in [1.165, 1.54) is 7.11 Å². The molecule has 0 unspecified atom stereocenters. The fourth-order valence-electron chi connectivity index (χ4n) is 2.68. The number of carbonyl (C=O) groups excluding carboxylic acids is 2. The molecule has 0 N–H and O–H groups in total. The van der Waals surface area contributed by atoms with Gasteiger partial charge in [-0.1, -0.05) is 30.1 Å². The number of carbonyl (C=O) groups is 2. The van der Waals surface area contributed by atoms with Gasteiger partial charge in [-0.15, -0.1) is 0 Å². The topological polar surface area (TPSA) is 61.8 Å². The predicted molar refractivity (Wildman–Crippen MR) is 77.2 cm³/mol. The molecule has 1 heterocycles. The first-order valence-electron chi connectivity index (χ1n) is 6.80. The standard InChI is InChI=1S/C14H20Cl2O5/c1-7-9(20-11(18)12(2,3)4)10(19-5)21-13(7)6-8(17)14(13,15)16/h7,9-10H,6H2,1-5H3/t7-,9+,10+,13-/m0/s1. The number of alkyl halides is 2. The number of ketones is 1. The van der Waals surface area contributed by atoms with Crippen LogP contribution in [0.3, 0.4) is 0 Å². The molecule has 7 heteroatoms. The van der Waals surface area contributed by atoms with Crippen LogP contribution in [0.25, 0.3) is 0 Å². The van der Waals surface area contributed by atoms with Crippen molar-refractivity contribution in [1.29, 1.82) is 0 Å². The van der Waals surface area contributed by atoms with Crippen molar-refractivity contribution in [2.75, 3.05) is 7.11 Å². The number of hydrogen-bond donors (Lipinski definition) is 0. The molecule has 1 aliphatic heterocycles. The van der Waals surface area contributed by atoms with Crippen LogP contribution in [0.1, 0.15) is 34.1 Å². The summed E-state index contributed by atoms with van der Waals surface area (Å²) >= 11 is 12.2. The third kappa shape index (κ3) is 2.38. The monoisotopic (exact) mass is 338 g/mol. The molecule has 0 aromatic rings. The Kier molecular flexibility index (Phi) is 4.12. The van der Waals surface area contributed by atoms with Crippen molar-refractivity contribution >= 4 is 35.0 Å². The van der Waals surface area contributed by atoms with E-state index in [1.54, 1.807) is 27.7 Å². The number of esters is 1. The van der Waals surface area contributed by atoms with Crippen LogP contribution in [-0.2, 0) is 23.8 Å². The number of halogens is 2. The van der Waals surface area contributed by atoms with Crippen LogP contribution in [0.2, 0.25) is 0 Å². The molecular weight excluding hydrogens is 319 g/mol. The quantitative estimate of drug-likeness (QED) is 0.571. The minimum Gasteiger partial charge on any atom is -0.456 e. The number of ether oxygens (including phenoxy) is 3. The SMILES string of the molecule is CO[C@@H]1O[C@@]2(CC(=O)C2(Cl)Cl)[C@@H](C)[C@H]1OC(=O)C(C)(C)C. The number of hydrogen-bond acceptors (Lipinski definition) is 5. The van der Waals surface area contributed by atoms with Crippen LogP contribution in [0.15, 0.2) is 0 Å². The summed E-state index contributed by atoms with van der Waals surface area (Å²) in [5, 5.41) is 0. The second-order valence-electron chi connectivity index (χ2n) is 6.69. The second kappa shape index (κ2) is 5.08. The number of methoxy groups -OCH3 is 1. The zero-order valence-corrected chi connectivity index (χ0v) is 14.2. The van der Waals surface area contributed by atoms with Crippen molar-refractivity contribution in [2.45, 2.75) is 56.4 Å². The van der Waals surface area contributed by atoms with Crippen LogP contribution in [-0.4, -0.2) is 41.2 Å². The van der Waals surface area contributed by atoms with Crippen molar-refractivity contribution in [2.24, 2.45) is 11.3 Å². The lowest BCUT2D eigenvalue weighted by Crippen LogP contribution is -2.66. The highest BCUT2D eigenvalue weighted by atomic mass is 35.5. The van der Waals surface area contributed by atoms with E-state index >= 15 is 0 Å². The molecular formula is C14H20Cl2O5. The Morgan fingerprint density at radius 1 is 1.38 bits per heavy atom. The summed E-state index contributed by atoms with van der Waals surface area (Å²) in [5.41, 5.74) is -1.72. The van der Waals surface area contributed by atoms with Gasteiger partial charge in [0.2, 0.25) is 4.33 Å². The predicted octanol–water partition coefficient (Wildman–Crippen LogP) is 2.47. The van der Waals surface area contributed by atoms with Crippen molar-refractivity contribution in [3.63, 3.8) is 0 Å². The molecule has 0 amide bonds. The minimum absolute atomic E-state index is 0.0879. The molecule has 1 aliphatic carbocycles. The Hall–Kier alpha value is -0.360. The molecule has 120 valence electrons. The van der Waals surface area contributed by atoms with Gasteiger partial charge in [0, 0.05) is 19.4 Å². The Morgan fingerprint density at radius 3 is 2.33 bits per heavy atom. The average molecular weight is 339 g/mol. The smallest absolute Gasteiger partial charge is 0.311 e. The van der Waals surface area contributed by atoms with E-state index in [-0.39, 0.29) is 24.1 Å². The molecule has 1 saturated heterocycles. The van der Waals surface area contributed by atoms with Crippen LogP contribution in [0.4, 0.5) is 0 Å². The fraction of sp³-hybridized carbons (Fsp3) is 0.857. The molecule has 0 radical (unpaired) electrons. The van der Waals surface area contributed by atoms with E-state index in [1.807, 2.05) is 0 Å². The summed E-state index contributed by atoms with van der Waals surface area (Å²) in [7, 11) is 1.44. The Labute approximate surface area is 134 Å². The first kappa shape index (κ1) is 17.0. The zero-order chi connectivity index (χ0) is 16.2. The lowest BCUT2D eigenvalue weighted by molar-refractivity contribution is -0.207. The molecule has 21 heavy (non-hydrogen) atoms. The average Bonchev–Trinajstić information content (AvgIpc) is 2.65. The molecule has 2 aliphatic rings. The van der Waals surface area contributed by atoms with Crippen LogP contribution in [0.5, 0.6) is 0 Å². The Balaban J connectivity index is 2.24. The molecule has 5 nitrogen and oxygen atoms in total. The van der Waals surface area contributed by atoms with E-state index in [4.69, 9.17) is 37.4 Å². The molecule has 0 bridgehead atoms. The summed E-state index contributed by atoms with van der Waals surface area (Å²) in [6.45, 7) is 7.07. The van der Waals surface area contributed by atoms with Gasteiger partial charge in [-0.25, -0.2) is 0 Å². The summed E-state index contributed by atoms with van der Waals surface area (Å²) in [6, 6.07) is 0. The fourth-order valence-corrected chi connectivity index (χ4v) is 3.38. The van der Waals surface area contributed by atoms with Gasteiger partial charge < -0.3 is 14.2 Å². The maximum absolute atomic E-state index is 12.1. The normalized spacial score (nSPS) is 38.4.